The summed E-state index contributed by atoms with van der Waals surface area (Å²) >= 11 is 0. The van der Waals surface area contributed by atoms with Crippen LogP contribution in [-0.2, 0) is 0 Å². The molecule has 4 heteroatoms. The SMILES string of the molecule is Cc1ccc2[nH]c(-c3cnc([C@H](C)N)o3)cc2c1. The van der Waals surface area contributed by atoms with Crippen LogP contribution in [0.15, 0.2) is 34.9 Å². The Morgan fingerprint density at radius 3 is 2.89 bits per heavy atom. The van der Waals surface area contributed by atoms with E-state index in [0.29, 0.717) is 5.89 Å². The Balaban J connectivity index is 2.07. The molecule has 0 radical (unpaired) electrons. The van der Waals surface area contributed by atoms with E-state index in [1.165, 1.54) is 10.9 Å². The first-order valence-corrected chi connectivity index (χ1v) is 5.94. The van der Waals surface area contributed by atoms with E-state index in [9.17, 15) is 0 Å². The Bertz CT molecular complexity index is 694. The molecule has 0 aliphatic heterocycles. The highest BCUT2D eigenvalue weighted by molar-refractivity contribution is 5.85. The molecule has 0 unspecified atom stereocenters. The summed E-state index contributed by atoms with van der Waals surface area (Å²) in [6.07, 6.45) is 1.70. The Kier molecular flexibility index (Phi) is 2.45. The minimum atomic E-state index is -0.189. The molecule has 0 saturated carbocycles. The van der Waals surface area contributed by atoms with E-state index >= 15 is 0 Å². The number of benzene rings is 1. The fourth-order valence-corrected chi connectivity index (χ4v) is 2.01. The number of hydrogen-bond acceptors (Lipinski definition) is 3. The largest absolute Gasteiger partial charge is 0.437 e. The van der Waals surface area contributed by atoms with Crippen molar-refractivity contribution in [2.75, 3.05) is 0 Å². The van der Waals surface area contributed by atoms with E-state index in [1.54, 1.807) is 6.20 Å². The molecule has 0 aliphatic rings. The maximum absolute atomic E-state index is 5.73. The molecule has 18 heavy (non-hydrogen) atoms. The Morgan fingerprint density at radius 2 is 2.17 bits per heavy atom. The number of hydrogen-bond donors (Lipinski definition) is 2. The molecular weight excluding hydrogens is 226 g/mol. The van der Waals surface area contributed by atoms with Gasteiger partial charge in [0.1, 0.15) is 0 Å². The fraction of sp³-hybridized carbons (Fsp3) is 0.214. The first-order chi connectivity index (χ1) is 8.63. The number of oxazole rings is 1. The molecule has 0 fully saturated rings. The maximum atomic E-state index is 5.73. The van der Waals surface area contributed by atoms with Crippen LogP contribution in [0.5, 0.6) is 0 Å². The van der Waals surface area contributed by atoms with Gasteiger partial charge in [-0.15, -0.1) is 0 Å². The van der Waals surface area contributed by atoms with Gasteiger partial charge in [0.25, 0.3) is 0 Å². The number of nitrogens with two attached hydrogens (primary N) is 1. The summed E-state index contributed by atoms with van der Waals surface area (Å²) in [6, 6.07) is 8.16. The third-order valence-corrected chi connectivity index (χ3v) is 2.95. The normalized spacial score (nSPS) is 13.1. The van der Waals surface area contributed by atoms with Gasteiger partial charge in [0, 0.05) is 10.9 Å². The molecule has 3 aromatic rings. The number of aryl methyl sites for hydroxylation is 1. The highest BCUT2D eigenvalue weighted by atomic mass is 16.4. The van der Waals surface area contributed by atoms with Crippen molar-refractivity contribution in [3.05, 3.63) is 41.9 Å². The van der Waals surface area contributed by atoms with E-state index in [2.05, 4.69) is 41.2 Å². The van der Waals surface area contributed by atoms with E-state index in [1.807, 2.05) is 6.92 Å². The van der Waals surface area contributed by atoms with Crippen molar-refractivity contribution >= 4 is 10.9 Å². The van der Waals surface area contributed by atoms with Gasteiger partial charge in [0.15, 0.2) is 5.76 Å². The van der Waals surface area contributed by atoms with Crippen LogP contribution in [0, 0.1) is 6.92 Å². The first-order valence-electron chi connectivity index (χ1n) is 5.94. The summed E-state index contributed by atoms with van der Waals surface area (Å²) in [5, 5.41) is 1.17. The second-order valence-electron chi connectivity index (χ2n) is 4.63. The third-order valence-electron chi connectivity index (χ3n) is 2.95. The molecule has 3 rings (SSSR count). The van der Waals surface area contributed by atoms with E-state index < -0.39 is 0 Å². The molecule has 0 amide bonds. The Hall–Kier alpha value is -2.07. The lowest BCUT2D eigenvalue weighted by Gasteiger charge is -1.96. The monoisotopic (exact) mass is 241 g/mol. The molecule has 3 N–H and O–H groups in total. The molecular formula is C14H15N3O. The molecule has 1 atom stereocenters. The van der Waals surface area contributed by atoms with E-state index in [-0.39, 0.29) is 6.04 Å². The van der Waals surface area contributed by atoms with Gasteiger partial charge in [-0.3, -0.25) is 0 Å². The van der Waals surface area contributed by atoms with Crippen LogP contribution in [-0.4, -0.2) is 9.97 Å². The number of aromatic amines is 1. The van der Waals surface area contributed by atoms with Crippen molar-refractivity contribution in [3.63, 3.8) is 0 Å². The molecule has 0 spiro atoms. The molecule has 0 saturated heterocycles. The summed E-state index contributed by atoms with van der Waals surface area (Å²) in [5.74, 6) is 1.27. The highest BCUT2D eigenvalue weighted by Gasteiger charge is 2.11. The first kappa shape index (κ1) is 11.0. The van der Waals surface area contributed by atoms with Crippen LogP contribution in [0.1, 0.15) is 24.4 Å². The molecule has 4 nitrogen and oxygen atoms in total. The van der Waals surface area contributed by atoms with E-state index in [0.717, 1.165) is 17.0 Å². The molecule has 92 valence electrons. The van der Waals surface area contributed by atoms with Gasteiger partial charge in [0.05, 0.1) is 17.9 Å². The smallest absolute Gasteiger partial charge is 0.211 e. The van der Waals surface area contributed by atoms with Gasteiger partial charge < -0.3 is 15.1 Å². The zero-order valence-electron chi connectivity index (χ0n) is 10.4. The number of nitrogens with zero attached hydrogens (tertiary/aromatic N) is 1. The van der Waals surface area contributed by atoms with Crippen LogP contribution in [0.25, 0.3) is 22.4 Å². The summed E-state index contributed by atoms with van der Waals surface area (Å²) in [7, 11) is 0. The molecule has 2 aromatic heterocycles. The molecule has 1 aromatic carbocycles. The highest BCUT2D eigenvalue weighted by Crippen LogP contribution is 2.26. The van der Waals surface area contributed by atoms with Crippen molar-refractivity contribution in [1.29, 1.82) is 0 Å². The van der Waals surface area contributed by atoms with Crippen molar-refractivity contribution in [1.82, 2.24) is 9.97 Å². The number of fused-ring (bicyclic) bond motifs is 1. The van der Waals surface area contributed by atoms with Gasteiger partial charge in [-0.05, 0) is 32.0 Å². The van der Waals surface area contributed by atoms with Crippen molar-refractivity contribution in [2.45, 2.75) is 19.9 Å². The third kappa shape index (κ3) is 1.80. The van der Waals surface area contributed by atoms with Crippen LogP contribution in [0.4, 0.5) is 0 Å². The number of nitrogens with one attached hydrogen (secondary N) is 1. The second kappa shape index (κ2) is 3.99. The lowest BCUT2D eigenvalue weighted by Crippen LogP contribution is -2.04. The van der Waals surface area contributed by atoms with Crippen molar-refractivity contribution in [2.24, 2.45) is 5.73 Å². The molecule has 0 aliphatic carbocycles. The van der Waals surface area contributed by atoms with Crippen LogP contribution < -0.4 is 5.73 Å². The predicted molar refractivity (Wildman–Crippen MR) is 71.1 cm³/mol. The van der Waals surface area contributed by atoms with E-state index in [4.69, 9.17) is 10.2 Å². The van der Waals surface area contributed by atoms with Gasteiger partial charge in [-0.2, -0.15) is 0 Å². The van der Waals surface area contributed by atoms with Gasteiger partial charge in [-0.25, -0.2) is 4.98 Å². The average Bonchev–Trinajstić information content (AvgIpc) is 2.93. The van der Waals surface area contributed by atoms with Crippen molar-refractivity contribution in [3.8, 4) is 11.5 Å². The Labute approximate surface area is 105 Å². The van der Waals surface area contributed by atoms with Crippen LogP contribution in [0.2, 0.25) is 0 Å². The lowest BCUT2D eigenvalue weighted by atomic mass is 10.2. The number of rotatable bonds is 2. The van der Waals surface area contributed by atoms with Crippen molar-refractivity contribution < 1.29 is 4.42 Å². The minimum absolute atomic E-state index is 0.189. The quantitative estimate of drug-likeness (QED) is 0.724. The summed E-state index contributed by atoms with van der Waals surface area (Å²) in [4.78, 5) is 7.48. The molecule has 2 heterocycles. The average molecular weight is 241 g/mol. The second-order valence-corrected chi connectivity index (χ2v) is 4.63. The zero-order chi connectivity index (χ0) is 12.7. The van der Waals surface area contributed by atoms with Gasteiger partial charge >= 0.3 is 0 Å². The van der Waals surface area contributed by atoms with Gasteiger partial charge in [-0.1, -0.05) is 11.6 Å². The topological polar surface area (TPSA) is 67.8 Å². The summed E-state index contributed by atoms with van der Waals surface area (Å²) < 4.78 is 5.62. The molecule has 0 bridgehead atoms. The summed E-state index contributed by atoms with van der Waals surface area (Å²) in [5.41, 5.74) is 8.99. The standard InChI is InChI=1S/C14H15N3O/c1-8-3-4-11-10(5-8)6-12(17-11)13-7-16-14(18-13)9(2)15/h3-7,9,17H,15H2,1-2H3/t9-/m0/s1. The lowest BCUT2D eigenvalue weighted by molar-refractivity contribution is 0.473. The predicted octanol–water partition coefficient (Wildman–Crippen LogP) is 3.15. The van der Waals surface area contributed by atoms with Crippen LogP contribution >= 0.6 is 0 Å². The number of H-pyrrole nitrogens is 1. The fourth-order valence-electron chi connectivity index (χ4n) is 2.01. The number of aromatic nitrogens is 2. The van der Waals surface area contributed by atoms with Crippen LogP contribution in [0.3, 0.4) is 0 Å². The zero-order valence-corrected chi connectivity index (χ0v) is 10.4. The summed E-state index contributed by atoms with van der Waals surface area (Å²) in [6.45, 7) is 3.93. The Morgan fingerprint density at radius 1 is 1.33 bits per heavy atom. The maximum Gasteiger partial charge on any atom is 0.211 e. The van der Waals surface area contributed by atoms with Gasteiger partial charge in [0.2, 0.25) is 5.89 Å². The minimum Gasteiger partial charge on any atom is -0.437 e.